The zero-order valence-electron chi connectivity index (χ0n) is 13.1. The molecular weight excluding hydrogens is 332 g/mol. The minimum Gasteiger partial charge on any atom is -0.495 e. The molecule has 7 heteroatoms. The fraction of sp³-hybridized carbons (Fsp3) is 0.176. The summed E-state index contributed by atoms with van der Waals surface area (Å²) in [5, 5.41) is 5.86. The van der Waals surface area contributed by atoms with Gasteiger partial charge in [0.2, 0.25) is 0 Å². The van der Waals surface area contributed by atoms with Gasteiger partial charge in [-0.05, 0) is 37.3 Å². The number of hydrogen-bond donors (Lipinski definition) is 2. The van der Waals surface area contributed by atoms with Crippen LogP contribution < -0.4 is 20.1 Å². The predicted octanol–water partition coefficient (Wildman–Crippen LogP) is 3.32. The first-order chi connectivity index (χ1) is 11.5. The fourth-order valence-corrected chi connectivity index (χ4v) is 2.61. The molecule has 1 aliphatic rings. The lowest BCUT2D eigenvalue weighted by Gasteiger charge is -2.25. The van der Waals surface area contributed by atoms with E-state index in [1.54, 1.807) is 43.3 Å². The third-order valence-corrected chi connectivity index (χ3v) is 3.89. The van der Waals surface area contributed by atoms with E-state index < -0.39 is 6.10 Å². The topological polar surface area (TPSA) is 76.7 Å². The Labute approximate surface area is 143 Å². The summed E-state index contributed by atoms with van der Waals surface area (Å²) in [5.41, 5.74) is 1.32. The maximum Gasteiger partial charge on any atom is 0.265 e. The van der Waals surface area contributed by atoms with Crippen molar-refractivity contribution in [2.45, 2.75) is 13.0 Å². The molecule has 0 bridgehead atoms. The van der Waals surface area contributed by atoms with Gasteiger partial charge in [0.25, 0.3) is 11.8 Å². The minimum atomic E-state index is -0.665. The second kappa shape index (κ2) is 6.41. The van der Waals surface area contributed by atoms with E-state index in [-0.39, 0.29) is 11.8 Å². The second-order valence-electron chi connectivity index (χ2n) is 5.24. The molecule has 0 spiro atoms. The molecule has 2 amide bonds. The molecule has 6 nitrogen and oxygen atoms in total. The number of nitrogens with one attached hydrogen (secondary N) is 2. The van der Waals surface area contributed by atoms with Gasteiger partial charge in [0.15, 0.2) is 11.9 Å². The number of carbonyl (C=O) groups excluding carboxylic acids is 2. The van der Waals surface area contributed by atoms with Gasteiger partial charge in [-0.15, -0.1) is 0 Å². The van der Waals surface area contributed by atoms with Crippen molar-refractivity contribution in [2.75, 3.05) is 17.7 Å². The summed E-state index contributed by atoms with van der Waals surface area (Å²) in [7, 11) is 1.52. The Morgan fingerprint density at radius 2 is 2.12 bits per heavy atom. The average molecular weight is 347 g/mol. The zero-order chi connectivity index (χ0) is 17.3. The number of hydrogen-bond acceptors (Lipinski definition) is 4. The summed E-state index contributed by atoms with van der Waals surface area (Å²) in [6, 6.07) is 9.93. The summed E-state index contributed by atoms with van der Waals surface area (Å²) in [5.74, 6) is 0.256. The van der Waals surface area contributed by atoms with Crippen LogP contribution >= 0.6 is 11.6 Å². The second-order valence-corrected chi connectivity index (χ2v) is 5.64. The van der Waals surface area contributed by atoms with E-state index in [1.165, 1.54) is 7.11 Å². The van der Waals surface area contributed by atoms with Gasteiger partial charge in [0, 0.05) is 5.69 Å². The van der Waals surface area contributed by atoms with Gasteiger partial charge >= 0.3 is 0 Å². The third-order valence-electron chi connectivity index (χ3n) is 3.59. The molecule has 1 heterocycles. The first-order valence-electron chi connectivity index (χ1n) is 7.25. The monoisotopic (exact) mass is 346 g/mol. The molecule has 0 saturated heterocycles. The number of rotatable bonds is 3. The van der Waals surface area contributed by atoms with Crippen LogP contribution in [0.5, 0.6) is 11.5 Å². The van der Waals surface area contributed by atoms with Crippen LogP contribution in [0, 0.1) is 0 Å². The van der Waals surface area contributed by atoms with Crippen LogP contribution in [0.25, 0.3) is 0 Å². The van der Waals surface area contributed by atoms with Crippen molar-refractivity contribution in [1.29, 1.82) is 0 Å². The number of fused-ring (bicyclic) bond motifs is 1. The third kappa shape index (κ3) is 3.00. The van der Waals surface area contributed by atoms with Crippen molar-refractivity contribution < 1.29 is 19.1 Å². The molecule has 0 fully saturated rings. The highest BCUT2D eigenvalue weighted by Gasteiger charge is 2.27. The fourth-order valence-electron chi connectivity index (χ4n) is 2.35. The van der Waals surface area contributed by atoms with Crippen LogP contribution in [0.4, 0.5) is 11.4 Å². The molecule has 24 heavy (non-hydrogen) atoms. The van der Waals surface area contributed by atoms with Crippen molar-refractivity contribution in [3.8, 4) is 11.5 Å². The van der Waals surface area contributed by atoms with Crippen molar-refractivity contribution in [3.05, 3.63) is 47.0 Å². The molecule has 124 valence electrons. The van der Waals surface area contributed by atoms with E-state index in [0.29, 0.717) is 33.5 Å². The zero-order valence-corrected chi connectivity index (χ0v) is 13.8. The van der Waals surface area contributed by atoms with E-state index in [1.807, 2.05) is 0 Å². The molecule has 2 aromatic rings. The molecule has 0 aromatic heterocycles. The van der Waals surface area contributed by atoms with Crippen molar-refractivity contribution in [3.63, 3.8) is 0 Å². The van der Waals surface area contributed by atoms with Gasteiger partial charge in [-0.3, -0.25) is 9.59 Å². The first kappa shape index (κ1) is 16.1. The number of amides is 2. The Morgan fingerprint density at radius 3 is 2.83 bits per heavy atom. The van der Waals surface area contributed by atoms with Crippen LogP contribution in [-0.2, 0) is 4.79 Å². The summed E-state index contributed by atoms with van der Waals surface area (Å²) in [6.07, 6.45) is -0.665. The highest BCUT2D eigenvalue weighted by molar-refractivity contribution is 6.32. The van der Waals surface area contributed by atoms with Gasteiger partial charge in [-0.2, -0.15) is 0 Å². The van der Waals surface area contributed by atoms with Gasteiger partial charge in [-0.1, -0.05) is 17.7 Å². The van der Waals surface area contributed by atoms with Crippen LogP contribution in [0.2, 0.25) is 5.02 Å². The Bertz CT molecular complexity index is 822. The largest absolute Gasteiger partial charge is 0.495 e. The van der Waals surface area contributed by atoms with Crippen molar-refractivity contribution in [2.24, 2.45) is 0 Å². The van der Waals surface area contributed by atoms with Crippen LogP contribution in [0.3, 0.4) is 0 Å². The number of anilines is 2. The summed E-state index contributed by atoms with van der Waals surface area (Å²) in [6.45, 7) is 1.62. The van der Waals surface area contributed by atoms with Gasteiger partial charge in [-0.25, -0.2) is 0 Å². The highest BCUT2D eigenvalue weighted by atomic mass is 35.5. The number of ether oxygens (including phenoxy) is 2. The predicted molar refractivity (Wildman–Crippen MR) is 91.1 cm³/mol. The molecular formula is C17H15ClN2O4. The molecule has 1 unspecified atom stereocenters. The Hall–Kier alpha value is -2.73. The minimum absolute atomic E-state index is 0.248. The Balaban J connectivity index is 1.87. The van der Waals surface area contributed by atoms with Crippen molar-refractivity contribution in [1.82, 2.24) is 0 Å². The Kier molecular flexibility index (Phi) is 4.31. The molecule has 0 aliphatic carbocycles. The first-order valence-corrected chi connectivity index (χ1v) is 7.63. The van der Waals surface area contributed by atoms with E-state index >= 15 is 0 Å². The summed E-state index contributed by atoms with van der Waals surface area (Å²) < 4.78 is 10.7. The highest BCUT2D eigenvalue weighted by Crippen LogP contribution is 2.34. The lowest BCUT2D eigenvalue weighted by molar-refractivity contribution is -0.122. The number of para-hydroxylation sites is 1. The smallest absolute Gasteiger partial charge is 0.265 e. The molecule has 0 radical (unpaired) electrons. The van der Waals surface area contributed by atoms with Gasteiger partial charge in [0.05, 0.1) is 23.4 Å². The van der Waals surface area contributed by atoms with Gasteiger partial charge in [0.1, 0.15) is 5.75 Å². The van der Waals surface area contributed by atoms with E-state index in [9.17, 15) is 9.59 Å². The SMILES string of the molecule is COc1ccc(NC(=O)c2cccc3c2OC(C)C(=O)N3)cc1Cl. The molecule has 0 saturated carbocycles. The van der Waals surface area contributed by atoms with Crippen molar-refractivity contribution >= 4 is 34.8 Å². The standard InChI is InChI=1S/C17H15ClN2O4/c1-9-16(21)20-13-5-3-4-11(15(13)24-9)17(22)19-10-6-7-14(23-2)12(18)8-10/h3-9H,1-2H3,(H,19,22)(H,20,21). The van der Waals surface area contributed by atoms with Gasteiger partial charge < -0.3 is 20.1 Å². The van der Waals surface area contributed by atoms with Crippen LogP contribution in [-0.4, -0.2) is 25.0 Å². The van der Waals surface area contributed by atoms with E-state index in [0.717, 1.165) is 0 Å². The molecule has 2 aromatic carbocycles. The number of methoxy groups -OCH3 is 1. The van der Waals surface area contributed by atoms with Crippen LogP contribution in [0.1, 0.15) is 17.3 Å². The maximum absolute atomic E-state index is 12.6. The molecule has 2 N–H and O–H groups in total. The normalized spacial score (nSPS) is 15.8. The van der Waals surface area contributed by atoms with E-state index in [4.69, 9.17) is 21.1 Å². The molecule has 1 atom stereocenters. The van der Waals surface area contributed by atoms with Crippen LogP contribution in [0.15, 0.2) is 36.4 Å². The lowest BCUT2D eigenvalue weighted by atomic mass is 10.1. The number of halogens is 1. The number of benzene rings is 2. The molecule has 3 rings (SSSR count). The quantitative estimate of drug-likeness (QED) is 0.893. The van der Waals surface area contributed by atoms with E-state index in [2.05, 4.69) is 10.6 Å². The lowest BCUT2D eigenvalue weighted by Crippen LogP contribution is -2.35. The average Bonchev–Trinajstić information content (AvgIpc) is 2.55. The number of carbonyl (C=O) groups is 2. The summed E-state index contributed by atoms with van der Waals surface area (Å²) >= 11 is 6.06. The Morgan fingerprint density at radius 1 is 1.33 bits per heavy atom. The summed E-state index contributed by atoms with van der Waals surface area (Å²) in [4.78, 5) is 24.2. The molecule has 1 aliphatic heterocycles. The maximum atomic E-state index is 12.6.